The van der Waals surface area contributed by atoms with Crippen molar-refractivity contribution in [2.45, 2.75) is 19.8 Å². The van der Waals surface area contributed by atoms with Crippen molar-refractivity contribution < 1.29 is 13.9 Å². The number of anilines is 1. The highest BCUT2D eigenvalue weighted by Crippen LogP contribution is 2.31. The number of carbonyl (C=O) groups excluding carboxylic acids is 1. The number of thiocarbonyl (C=S) groups is 1. The molecule has 0 saturated carbocycles. The van der Waals surface area contributed by atoms with Crippen LogP contribution in [0.5, 0.6) is 0 Å². The first-order valence-corrected chi connectivity index (χ1v) is 9.51. The highest BCUT2D eigenvalue weighted by Gasteiger charge is 2.25. The maximum atomic E-state index is 14.5. The van der Waals surface area contributed by atoms with Gasteiger partial charge in [-0.15, -0.1) is 0 Å². The number of hydrazine groups is 1. The van der Waals surface area contributed by atoms with Crippen LogP contribution in [0.2, 0.25) is 5.02 Å². The molecule has 5 nitrogen and oxygen atoms in total. The zero-order valence-electron chi connectivity index (χ0n) is 13.5. The number of hydrogen-bond acceptors (Lipinski definition) is 5. The van der Waals surface area contributed by atoms with Gasteiger partial charge in [-0.1, -0.05) is 11.6 Å². The van der Waals surface area contributed by atoms with E-state index in [-0.39, 0.29) is 22.9 Å². The third kappa shape index (κ3) is 4.30. The number of esters is 1. The lowest BCUT2D eigenvalue weighted by Crippen LogP contribution is -2.51. The zero-order chi connectivity index (χ0) is 17.7. The summed E-state index contributed by atoms with van der Waals surface area (Å²) in [4.78, 5) is 12.0. The second kappa shape index (κ2) is 8.84. The first-order chi connectivity index (χ1) is 11.5. The van der Waals surface area contributed by atoms with Crippen LogP contribution in [-0.4, -0.2) is 42.0 Å². The number of rotatable bonds is 4. The molecule has 24 heavy (non-hydrogen) atoms. The van der Waals surface area contributed by atoms with E-state index in [0.29, 0.717) is 5.11 Å². The molecule has 1 fully saturated rings. The Bertz CT molecular complexity index is 627. The van der Waals surface area contributed by atoms with Crippen LogP contribution in [0.1, 0.15) is 30.1 Å². The molecule has 2 rings (SSSR count). The molecule has 1 N–H and O–H groups in total. The van der Waals surface area contributed by atoms with Gasteiger partial charge in [0.2, 0.25) is 5.11 Å². The predicted molar refractivity (Wildman–Crippen MR) is 99.9 cm³/mol. The third-order valence-electron chi connectivity index (χ3n) is 3.45. The van der Waals surface area contributed by atoms with Gasteiger partial charge < -0.3 is 4.74 Å². The summed E-state index contributed by atoms with van der Waals surface area (Å²) in [6, 6.07) is 2.49. The minimum absolute atomic E-state index is 0.0118. The van der Waals surface area contributed by atoms with Crippen LogP contribution < -0.4 is 9.73 Å². The van der Waals surface area contributed by atoms with Crippen molar-refractivity contribution in [3.8, 4) is 0 Å². The molecule has 0 radical (unpaired) electrons. The summed E-state index contributed by atoms with van der Waals surface area (Å²) in [6.07, 6.45) is 3.86. The van der Waals surface area contributed by atoms with Gasteiger partial charge in [0.1, 0.15) is 5.82 Å². The number of nitrogens with one attached hydrogen (secondary N) is 1. The van der Waals surface area contributed by atoms with Gasteiger partial charge >= 0.3 is 5.97 Å². The molecular weight excluding hydrogens is 373 g/mol. The Labute approximate surface area is 155 Å². The van der Waals surface area contributed by atoms with E-state index in [2.05, 4.69) is 5.43 Å². The molecule has 1 aromatic rings. The lowest BCUT2D eigenvalue weighted by molar-refractivity contribution is 0.0526. The largest absolute Gasteiger partial charge is 0.462 e. The smallest absolute Gasteiger partial charge is 0.339 e. The molecule has 1 aromatic carbocycles. The Hall–Kier alpha value is -1.09. The second-order valence-electron chi connectivity index (χ2n) is 5.03. The molecule has 0 bridgehead atoms. The van der Waals surface area contributed by atoms with E-state index < -0.39 is 11.8 Å². The quantitative estimate of drug-likeness (QED) is 0.477. The summed E-state index contributed by atoms with van der Waals surface area (Å²) in [5.74, 6) is -1.14. The molecule has 0 aromatic heterocycles. The second-order valence-corrected chi connectivity index (χ2v) is 6.53. The van der Waals surface area contributed by atoms with Crippen molar-refractivity contribution in [2.75, 3.05) is 30.3 Å². The van der Waals surface area contributed by atoms with Crippen molar-refractivity contribution in [3.05, 3.63) is 28.5 Å². The molecule has 0 unspecified atom stereocenters. The normalized spacial score (nSPS) is 14.4. The summed E-state index contributed by atoms with van der Waals surface area (Å²) in [5.41, 5.74) is 3.48. The van der Waals surface area contributed by atoms with Gasteiger partial charge in [-0.2, -0.15) is 0 Å². The van der Waals surface area contributed by atoms with Gasteiger partial charge in [0, 0.05) is 19.3 Å². The molecule has 1 aliphatic heterocycles. The summed E-state index contributed by atoms with van der Waals surface area (Å²) in [5, 5.41) is 2.25. The maximum absolute atomic E-state index is 14.5. The topological polar surface area (TPSA) is 44.8 Å². The van der Waals surface area contributed by atoms with E-state index in [9.17, 15) is 9.18 Å². The summed E-state index contributed by atoms with van der Waals surface area (Å²) >= 11 is 12.7. The molecule has 1 heterocycles. The minimum atomic E-state index is -0.591. The van der Waals surface area contributed by atoms with E-state index in [1.807, 2.05) is 5.01 Å². The number of nitrogens with zero attached hydrogens (tertiary/aromatic N) is 2. The highest BCUT2D eigenvalue weighted by atomic mass is 35.5. The van der Waals surface area contributed by atoms with Crippen molar-refractivity contribution in [3.63, 3.8) is 0 Å². The lowest BCUT2D eigenvalue weighted by atomic mass is 10.2. The fraction of sp³-hybridized carbons (Fsp3) is 0.467. The van der Waals surface area contributed by atoms with Gasteiger partial charge in [-0.3, -0.25) is 9.31 Å². The molecule has 9 heteroatoms. The SMILES string of the molecule is CCOC(=O)c1cc(N(SC)C(=S)N2CCCCN2)c(F)cc1Cl. The Kier molecular flexibility index (Phi) is 7.09. The van der Waals surface area contributed by atoms with E-state index in [0.717, 1.165) is 32.0 Å². The van der Waals surface area contributed by atoms with Crippen LogP contribution in [-0.2, 0) is 4.74 Å². The Morgan fingerprint density at radius 2 is 2.29 bits per heavy atom. The summed E-state index contributed by atoms with van der Waals surface area (Å²) in [7, 11) is 0. The van der Waals surface area contributed by atoms with Gasteiger partial charge in [0.15, 0.2) is 0 Å². The predicted octanol–water partition coefficient (Wildman–Crippen LogP) is 3.63. The monoisotopic (exact) mass is 391 g/mol. The fourth-order valence-electron chi connectivity index (χ4n) is 2.30. The molecule has 0 spiro atoms. The number of halogens is 2. The number of ether oxygens (including phenoxy) is 1. The van der Waals surface area contributed by atoms with E-state index in [4.69, 9.17) is 28.6 Å². The Balaban J connectivity index is 2.34. The number of hydrogen-bond donors (Lipinski definition) is 1. The Morgan fingerprint density at radius 3 is 2.88 bits per heavy atom. The first-order valence-electron chi connectivity index (χ1n) is 7.55. The van der Waals surface area contributed by atoms with Crippen LogP contribution in [0.4, 0.5) is 10.1 Å². The van der Waals surface area contributed by atoms with Crippen molar-refractivity contribution in [2.24, 2.45) is 0 Å². The minimum Gasteiger partial charge on any atom is -0.462 e. The maximum Gasteiger partial charge on any atom is 0.339 e. The molecule has 1 saturated heterocycles. The van der Waals surface area contributed by atoms with Crippen molar-refractivity contribution >= 4 is 52.5 Å². The van der Waals surface area contributed by atoms with Crippen LogP contribution in [0.25, 0.3) is 0 Å². The van der Waals surface area contributed by atoms with Gasteiger partial charge in [-0.25, -0.2) is 14.6 Å². The van der Waals surface area contributed by atoms with Crippen LogP contribution >= 0.6 is 35.8 Å². The molecule has 1 aliphatic rings. The van der Waals surface area contributed by atoms with Crippen molar-refractivity contribution in [1.82, 2.24) is 10.4 Å². The molecule has 0 aliphatic carbocycles. The summed E-state index contributed by atoms with van der Waals surface area (Å²) < 4.78 is 21.0. The van der Waals surface area contributed by atoms with Gasteiger partial charge in [0.05, 0.1) is 22.9 Å². The highest BCUT2D eigenvalue weighted by molar-refractivity contribution is 8.01. The number of benzene rings is 1. The van der Waals surface area contributed by atoms with E-state index in [1.54, 1.807) is 17.5 Å². The van der Waals surface area contributed by atoms with E-state index in [1.165, 1.54) is 18.0 Å². The lowest BCUT2D eigenvalue weighted by Gasteiger charge is -2.35. The molecule has 0 amide bonds. The average molecular weight is 392 g/mol. The van der Waals surface area contributed by atoms with Crippen LogP contribution in [0.15, 0.2) is 12.1 Å². The first kappa shape index (κ1) is 19.2. The Morgan fingerprint density at radius 1 is 1.54 bits per heavy atom. The van der Waals surface area contributed by atoms with Gasteiger partial charge in [-0.05, 0) is 56.1 Å². The average Bonchev–Trinajstić information content (AvgIpc) is 2.58. The van der Waals surface area contributed by atoms with Gasteiger partial charge in [0.25, 0.3) is 0 Å². The molecule has 132 valence electrons. The molecule has 0 atom stereocenters. The van der Waals surface area contributed by atoms with Crippen LogP contribution in [0, 0.1) is 5.82 Å². The fourth-order valence-corrected chi connectivity index (χ4v) is 3.60. The third-order valence-corrected chi connectivity index (χ3v) is 5.02. The van der Waals surface area contributed by atoms with Crippen LogP contribution in [0.3, 0.4) is 0 Å². The van der Waals surface area contributed by atoms with E-state index >= 15 is 0 Å². The van der Waals surface area contributed by atoms with Crippen molar-refractivity contribution in [1.29, 1.82) is 0 Å². The zero-order valence-corrected chi connectivity index (χ0v) is 15.9. The number of carbonyl (C=O) groups is 1. The standard InChI is InChI=1S/C15H19ClFN3O2S2/c1-3-22-14(21)10-8-13(12(17)9-11(10)16)20(24-2)15(23)19-7-5-4-6-18-19/h8-9,18H,3-7H2,1-2H3. The molecular formula is C15H19ClFN3O2S2. The summed E-state index contributed by atoms with van der Waals surface area (Å²) in [6.45, 7) is 3.47.